The molecule has 0 aromatic heterocycles. The molecule has 0 saturated carbocycles. The van der Waals surface area contributed by atoms with Gasteiger partial charge in [-0.2, -0.15) is 0 Å². The lowest BCUT2D eigenvalue weighted by Gasteiger charge is -2.09. The Morgan fingerprint density at radius 3 is 1.54 bits per heavy atom. The lowest BCUT2D eigenvalue weighted by molar-refractivity contribution is -0.154. The summed E-state index contributed by atoms with van der Waals surface area (Å²) in [6.07, 6.45) is 18.9. The van der Waals surface area contributed by atoms with Crippen LogP contribution < -0.4 is 0 Å². The quantitative estimate of drug-likeness (QED) is 0.239. The smallest absolute Gasteiger partial charge is 0.334 e. The van der Waals surface area contributed by atoms with E-state index in [0.29, 0.717) is 13.0 Å². The second kappa shape index (κ2) is 18.8. The van der Waals surface area contributed by atoms with Crippen LogP contribution in [0.4, 0.5) is 0 Å². The third-order valence-electron chi connectivity index (χ3n) is 4.58. The molecule has 1 atom stereocenters. The second-order valence-electron chi connectivity index (χ2n) is 7.07. The van der Waals surface area contributed by atoms with Gasteiger partial charge in [-0.15, -0.1) is 0 Å². The van der Waals surface area contributed by atoms with E-state index in [2.05, 4.69) is 6.92 Å². The van der Waals surface area contributed by atoms with Crippen molar-refractivity contribution in [1.29, 1.82) is 0 Å². The molecule has 0 aliphatic heterocycles. The van der Waals surface area contributed by atoms with Gasteiger partial charge in [0, 0.05) is 0 Å². The fourth-order valence-corrected chi connectivity index (χ4v) is 2.96. The van der Waals surface area contributed by atoms with Crippen molar-refractivity contribution >= 4 is 5.97 Å². The first-order valence-corrected chi connectivity index (χ1v) is 10.6. The lowest BCUT2D eigenvalue weighted by Crippen LogP contribution is -2.23. The fourth-order valence-electron chi connectivity index (χ4n) is 2.96. The summed E-state index contributed by atoms with van der Waals surface area (Å²) < 4.78 is 5.07. The van der Waals surface area contributed by atoms with E-state index in [1.807, 2.05) is 6.92 Å². The van der Waals surface area contributed by atoms with Gasteiger partial charge in [-0.3, -0.25) is 0 Å². The molecular formula is C21H42O3. The number of aliphatic hydroxyl groups is 1. The molecule has 0 aromatic rings. The van der Waals surface area contributed by atoms with E-state index < -0.39 is 12.1 Å². The van der Waals surface area contributed by atoms with Crippen LogP contribution in [0.25, 0.3) is 0 Å². The molecular weight excluding hydrogens is 300 g/mol. The number of ether oxygens (including phenoxy) is 1. The maximum absolute atomic E-state index is 11.4. The first kappa shape index (κ1) is 23.4. The topological polar surface area (TPSA) is 46.5 Å². The van der Waals surface area contributed by atoms with Gasteiger partial charge >= 0.3 is 5.97 Å². The molecule has 1 N–H and O–H groups in total. The highest BCUT2D eigenvalue weighted by Gasteiger charge is 2.14. The summed E-state index contributed by atoms with van der Waals surface area (Å²) >= 11 is 0. The third kappa shape index (κ3) is 16.3. The van der Waals surface area contributed by atoms with E-state index in [0.717, 1.165) is 19.3 Å². The molecule has 0 saturated heterocycles. The zero-order valence-electron chi connectivity index (χ0n) is 16.4. The minimum absolute atomic E-state index is 0.452. The summed E-state index contributed by atoms with van der Waals surface area (Å²) in [5.41, 5.74) is 0. The van der Waals surface area contributed by atoms with Crippen LogP contribution in [0.15, 0.2) is 0 Å². The number of esters is 1. The average molecular weight is 343 g/mol. The zero-order valence-corrected chi connectivity index (χ0v) is 16.4. The first-order chi connectivity index (χ1) is 11.7. The molecule has 0 spiro atoms. The SMILES string of the molecule is CCCCCCCCCCCCCCCCOC(=O)C(O)CCC. The highest BCUT2D eigenvalue weighted by molar-refractivity contribution is 5.74. The van der Waals surface area contributed by atoms with Crippen molar-refractivity contribution < 1.29 is 14.6 Å². The molecule has 0 fully saturated rings. The van der Waals surface area contributed by atoms with Gasteiger partial charge in [0.15, 0.2) is 6.10 Å². The minimum Gasteiger partial charge on any atom is -0.464 e. The van der Waals surface area contributed by atoms with Crippen LogP contribution in [0.5, 0.6) is 0 Å². The maximum Gasteiger partial charge on any atom is 0.334 e. The normalized spacial score (nSPS) is 12.3. The van der Waals surface area contributed by atoms with Crippen molar-refractivity contribution in [2.45, 2.75) is 123 Å². The van der Waals surface area contributed by atoms with Crippen LogP contribution in [-0.4, -0.2) is 23.8 Å². The van der Waals surface area contributed by atoms with Crippen LogP contribution in [0, 0.1) is 0 Å². The number of carbonyl (C=O) groups excluding carboxylic acids is 1. The Kier molecular flexibility index (Phi) is 18.3. The Labute approximate surface area is 150 Å². The van der Waals surface area contributed by atoms with E-state index in [1.54, 1.807) is 0 Å². The predicted molar refractivity (Wildman–Crippen MR) is 102 cm³/mol. The minimum atomic E-state index is -0.929. The molecule has 24 heavy (non-hydrogen) atoms. The van der Waals surface area contributed by atoms with Crippen LogP contribution in [-0.2, 0) is 9.53 Å². The van der Waals surface area contributed by atoms with Crippen molar-refractivity contribution in [1.82, 2.24) is 0 Å². The first-order valence-electron chi connectivity index (χ1n) is 10.6. The molecule has 0 radical (unpaired) electrons. The highest BCUT2D eigenvalue weighted by atomic mass is 16.5. The van der Waals surface area contributed by atoms with E-state index in [4.69, 9.17) is 4.74 Å². The second-order valence-corrected chi connectivity index (χ2v) is 7.07. The average Bonchev–Trinajstić information content (AvgIpc) is 2.58. The molecule has 0 bridgehead atoms. The monoisotopic (exact) mass is 342 g/mol. The van der Waals surface area contributed by atoms with Crippen molar-refractivity contribution in [3.05, 3.63) is 0 Å². The Hall–Kier alpha value is -0.570. The number of aliphatic hydroxyl groups excluding tert-OH is 1. The van der Waals surface area contributed by atoms with Crippen molar-refractivity contribution in [2.75, 3.05) is 6.61 Å². The lowest BCUT2D eigenvalue weighted by atomic mass is 10.0. The summed E-state index contributed by atoms with van der Waals surface area (Å²) in [6.45, 7) is 4.67. The van der Waals surface area contributed by atoms with Crippen molar-refractivity contribution in [3.63, 3.8) is 0 Å². The summed E-state index contributed by atoms with van der Waals surface area (Å²) in [5, 5.41) is 9.46. The van der Waals surface area contributed by atoms with Gasteiger partial charge < -0.3 is 9.84 Å². The molecule has 0 aromatic carbocycles. The van der Waals surface area contributed by atoms with Gasteiger partial charge in [-0.25, -0.2) is 4.79 Å². The summed E-state index contributed by atoms with van der Waals surface area (Å²) in [5.74, 6) is -0.452. The Morgan fingerprint density at radius 2 is 1.12 bits per heavy atom. The number of hydrogen-bond donors (Lipinski definition) is 1. The van der Waals surface area contributed by atoms with Crippen LogP contribution in [0.3, 0.4) is 0 Å². The molecule has 144 valence electrons. The molecule has 0 rings (SSSR count). The molecule has 1 unspecified atom stereocenters. The van der Waals surface area contributed by atoms with Gasteiger partial charge in [0.05, 0.1) is 6.61 Å². The Bertz CT molecular complexity index is 266. The van der Waals surface area contributed by atoms with Gasteiger partial charge in [0.25, 0.3) is 0 Å². The standard InChI is InChI=1S/C21H42O3/c1-3-5-6-7-8-9-10-11-12-13-14-15-16-17-19-24-21(23)20(22)18-4-2/h20,22H,3-19H2,1-2H3. The van der Waals surface area contributed by atoms with E-state index in [9.17, 15) is 9.90 Å². The van der Waals surface area contributed by atoms with Crippen LogP contribution in [0.2, 0.25) is 0 Å². The summed E-state index contributed by atoms with van der Waals surface area (Å²) in [6, 6.07) is 0. The summed E-state index contributed by atoms with van der Waals surface area (Å²) in [7, 11) is 0. The summed E-state index contributed by atoms with van der Waals surface area (Å²) in [4.78, 5) is 11.4. The molecule has 0 amide bonds. The van der Waals surface area contributed by atoms with E-state index >= 15 is 0 Å². The van der Waals surface area contributed by atoms with Crippen molar-refractivity contribution in [2.24, 2.45) is 0 Å². The Balaban J connectivity index is 3.14. The largest absolute Gasteiger partial charge is 0.464 e. The molecule has 3 heteroatoms. The maximum atomic E-state index is 11.4. The number of unbranched alkanes of at least 4 members (excludes halogenated alkanes) is 13. The van der Waals surface area contributed by atoms with Gasteiger partial charge in [0.2, 0.25) is 0 Å². The predicted octanol–water partition coefficient (Wildman–Crippen LogP) is 6.17. The zero-order chi connectivity index (χ0) is 17.9. The van der Waals surface area contributed by atoms with Gasteiger partial charge in [-0.05, 0) is 12.8 Å². The number of hydrogen-bond acceptors (Lipinski definition) is 3. The molecule has 0 aliphatic rings. The number of rotatable bonds is 18. The van der Waals surface area contributed by atoms with Crippen molar-refractivity contribution in [3.8, 4) is 0 Å². The fraction of sp³-hybridized carbons (Fsp3) is 0.952. The molecule has 0 heterocycles. The van der Waals surface area contributed by atoms with E-state index in [1.165, 1.54) is 77.0 Å². The van der Waals surface area contributed by atoms with Gasteiger partial charge in [0.1, 0.15) is 0 Å². The molecule has 3 nitrogen and oxygen atoms in total. The van der Waals surface area contributed by atoms with E-state index in [-0.39, 0.29) is 0 Å². The number of carbonyl (C=O) groups is 1. The highest BCUT2D eigenvalue weighted by Crippen LogP contribution is 2.13. The van der Waals surface area contributed by atoms with Crippen LogP contribution >= 0.6 is 0 Å². The molecule has 0 aliphatic carbocycles. The Morgan fingerprint density at radius 1 is 0.708 bits per heavy atom. The van der Waals surface area contributed by atoms with Crippen LogP contribution in [0.1, 0.15) is 117 Å². The van der Waals surface area contributed by atoms with Gasteiger partial charge in [-0.1, -0.05) is 104 Å². The third-order valence-corrected chi connectivity index (χ3v) is 4.58.